The summed E-state index contributed by atoms with van der Waals surface area (Å²) in [6, 6.07) is 7.00. The predicted molar refractivity (Wildman–Crippen MR) is 72.8 cm³/mol. The molecule has 2 aromatic rings. The van der Waals surface area contributed by atoms with Crippen LogP contribution in [0.5, 0.6) is 0 Å². The largest absolute Gasteiger partial charge is 0.416 e. The lowest BCUT2D eigenvalue weighted by molar-refractivity contribution is -0.138. The van der Waals surface area contributed by atoms with Gasteiger partial charge in [-0.2, -0.15) is 26.3 Å². The minimum absolute atomic E-state index is 0.00963. The molecule has 2 nitrogen and oxygen atoms in total. The van der Waals surface area contributed by atoms with Crippen molar-refractivity contribution in [1.82, 2.24) is 0 Å². The smallest absolute Gasteiger partial charge is 0.385 e. The first-order chi connectivity index (χ1) is 11.0. The molecular formula is C16H12F6O2. The molecule has 0 saturated carbocycles. The molecule has 2 aromatic carbocycles. The van der Waals surface area contributed by atoms with Gasteiger partial charge in [0.05, 0.1) is 11.1 Å². The topological polar surface area (TPSA) is 40.5 Å². The number of aliphatic hydroxyl groups excluding tert-OH is 2. The maximum atomic E-state index is 12.5. The van der Waals surface area contributed by atoms with E-state index in [4.69, 9.17) is 0 Å². The van der Waals surface area contributed by atoms with Crippen LogP contribution in [-0.4, -0.2) is 10.2 Å². The summed E-state index contributed by atoms with van der Waals surface area (Å²) >= 11 is 0. The number of benzene rings is 2. The van der Waals surface area contributed by atoms with Gasteiger partial charge < -0.3 is 10.2 Å². The molecule has 0 radical (unpaired) electrons. The molecule has 0 amide bonds. The third-order valence-electron chi connectivity index (χ3n) is 3.46. The van der Waals surface area contributed by atoms with Crippen molar-refractivity contribution in [2.45, 2.75) is 24.6 Å². The van der Waals surface area contributed by atoms with Crippen LogP contribution >= 0.6 is 0 Å². The number of hydrogen-bond acceptors (Lipinski definition) is 2. The minimum atomic E-state index is -4.53. The van der Waals surface area contributed by atoms with E-state index in [-0.39, 0.29) is 11.1 Å². The molecule has 0 aliphatic heterocycles. The minimum Gasteiger partial charge on any atom is -0.385 e. The van der Waals surface area contributed by atoms with Gasteiger partial charge in [0.2, 0.25) is 0 Å². The Balaban J connectivity index is 2.18. The van der Waals surface area contributed by atoms with E-state index in [1.165, 1.54) is 0 Å². The third-order valence-corrected chi connectivity index (χ3v) is 3.46. The van der Waals surface area contributed by atoms with Gasteiger partial charge in [-0.1, -0.05) is 24.3 Å². The van der Waals surface area contributed by atoms with Gasteiger partial charge in [0.1, 0.15) is 12.2 Å². The van der Waals surface area contributed by atoms with Crippen molar-refractivity contribution in [2.24, 2.45) is 0 Å². The summed E-state index contributed by atoms with van der Waals surface area (Å²) < 4.78 is 74.8. The van der Waals surface area contributed by atoms with E-state index in [0.29, 0.717) is 0 Å². The molecule has 0 spiro atoms. The Bertz CT molecular complexity index is 612. The Morgan fingerprint density at radius 2 is 0.792 bits per heavy atom. The predicted octanol–water partition coefficient (Wildman–Crippen LogP) is 4.49. The SMILES string of the molecule is O[C@@H](c1ccc(C(F)(F)F)cc1)[C@@H](O)c1ccc(C(F)(F)F)cc1. The summed E-state index contributed by atoms with van der Waals surface area (Å²) in [5.74, 6) is 0. The van der Waals surface area contributed by atoms with Crippen molar-refractivity contribution >= 4 is 0 Å². The molecule has 0 fully saturated rings. The Morgan fingerprint density at radius 3 is 1.00 bits per heavy atom. The first kappa shape index (κ1) is 18.3. The second-order valence-electron chi connectivity index (χ2n) is 5.13. The highest BCUT2D eigenvalue weighted by Crippen LogP contribution is 2.34. The van der Waals surface area contributed by atoms with Crippen molar-refractivity contribution in [3.63, 3.8) is 0 Å². The van der Waals surface area contributed by atoms with E-state index in [2.05, 4.69) is 0 Å². The monoisotopic (exact) mass is 350 g/mol. The number of rotatable bonds is 3. The van der Waals surface area contributed by atoms with Crippen molar-refractivity contribution in [3.8, 4) is 0 Å². The second kappa shape index (κ2) is 6.45. The van der Waals surface area contributed by atoms with E-state index in [0.717, 1.165) is 48.5 Å². The fourth-order valence-corrected chi connectivity index (χ4v) is 2.10. The number of hydrogen-bond donors (Lipinski definition) is 2. The van der Waals surface area contributed by atoms with Gasteiger partial charge in [0.15, 0.2) is 0 Å². The number of halogens is 6. The van der Waals surface area contributed by atoms with Crippen molar-refractivity contribution in [1.29, 1.82) is 0 Å². The Hall–Kier alpha value is -2.06. The lowest BCUT2D eigenvalue weighted by Crippen LogP contribution is -2.12. The van der Waals surface area contributed by atoms with Crippen LogP contribution in [-0.2, 0) is 12.4 Å². The van der Waals surface area contributed by atoms with Gasteiger partial charge in [-0.15, -0.1) is 0 Å². The maximum absolute atomic E-state index is 12.5. The highest BCUT2D eigenvalue weighted by atomic mass is 19.4. The second-order valence-corrected chi connectivity index (χ2v) is 5.13. The lowest BCUT2D eigenvalue weighted by Gasteiger charge is -2.19. The molecule has 0 aliphatic rings. The Morgan fingerprint density at radius 1 is 0.542 bits per heavy atom. The van der Waals surface area contributed by atoms with Crippen LogP contribution in [0.15, 0.2) is 48.5 Å². The molecule has 0 bridgehead atoms. The molecule has 0 unspecified atom stereocenters. The van der Waals surface area contributed by atoms with Gasteiger partial charge in [-0.3, -0.25) is 0 Å². The van der Waals surface area contributed by atoms with Crippen LogP contribution < -0.4 is 0 Å². The molecule has 0 saturated heterocycles. The van der Waals surface area contributed by atoms with E-state index in [1.807, 2.05) is 0 Å². The molecule has 130 valence electrons. The van der Waals surface area contributed by atoms with Crippen molar-refractivity contribution in [3.05, 3.63) is 70.8 Å². The average Bonchev–Trinajstić information content (AvgIpc) is 2.52. The quantitative estimate of drug-likeness (QED) is 0.801. The molecule has 0 aliphatic carbocycles. The number of aliphatic hydroxyl groups is 2. The van der Waals surface area contributed by atoms with E-state index < -0.39 is 35.7 Å². The van der Waals surface area contributed by atoms with Gasteiger partial charge in [0, 0.05) is 0 Å². The van der Waals surface area contributed by atoms with Crippen LogP contribution in [0.1, 0.15) is 34.5 Å². The molecule has 8 heteroatoms. The zero-order valence-electron chi connectivity index (χ0n) is 11.9. The summed E-state index contributed by atoms with van der Waals surface area (Å²) in [7, 11) is 0. The van der Waals surface area contributed by atoms with Crippen LogP contribution in [0, 0.1) is 0 Å². The van der Waals surface area contributed by atoms with Crippen LogP contribution in [0.3, 0.4) is 0 Å². The highest BCUT2D eigenvalue weighted by molar-refractivity contribution is 5.31. The molecule has 24 heavy (non-hydrogen) atoms. The highest BCUT2D eigenvalue weighted by Gasteiger charge is 2.32. The Labute approximate surface area is 133 Å². The van der Waals surface area contributed by atoms with E-state index >= 15 is 0 Å². The summed E-state index contributed by atoms with van der Waals surface area (Å²) in [5, 5.41) is 20.0. The lowest BCUT2D eigenvalue weighted by atomic mass is 9.97. The van der Waals surface area contributed by atoms with Gasteiger partial charge in [-0.05, 0) is 35.4 Å². The van der Waals surface area contributed by atoms with Gasteiger partial charge in [-0.25, -0.2) is 0 Å². The zero-order chi connectivity index (χ0) is 18.1. The van der Waals surface area contributed by atoms with Crippen LogP contribution in [0.25, 0.3) is 0 Å². The fraction of sp³-hybridized carbons (Fsp3) is 0.250. The van der Waals surface area contributed by atoms with Crippen LogP contribution in [0.2, 0.25) is 0 Å². The Kier molecular flexibility index (Phi) is 4.91. The zero-order valence-corrected chi connectivity index (χ0v) is 11.9. The van der Waals surface area contributed by atoms with E-state index in [1.54, 1.807) is 0 Å². The molecule has 2 atom stereocenters. The average molecular weight is 350 g/mol. The summed E-state index contributed by atoms with van der Waals surface area (Å²) in [6.07, 6.45) is -12.2. The van der Waals surface area contributed by atoms with Crippen molar-refractivity contribution < 1.29 is 36.6 Å². The molecule has 0 aromatic heterocycles. The normalized spacial score (nSPS) is 15.2. The maximum Gasteiger partial charge on any atom is 0.416 e. The van der Waals surface area contributed by atoms with E-state index in [9.17, 15) is 36.6 Å². The fourth-order valence-electron chi connectivity index (χ4n) is 2.10. The van der Waals surface area contributed by atoms with Crippen molar-refractivity contribution in [2.75, 3.05) is 0 Å². The molecular weight excluding hydrogens is 338 g/mol. The first-order valence-corrected chi connectivity index (χ1v) is 6.70. The summed E-state index contributed by atoms with van der Waals surface area (Å²) in [5.41, 5.74) is -1.81. The van der Waals surface area contributed by atoms with Gasteiger partial charge in [0.25, 0.3) is 0 Å². The standard InChI is InChI=1S/C16H12F6O2/c17-15(18,19)11-5-1-9(2-6-11)13(23)14(24)10-3-7-12(8-4-10)16(20,21)22/h1-8,13-14,23-24H/t13-,14-/m0/s1. The first-order valence-electron chi connectivity index (χ1n) is 6.70. The molecule has 0 heterocycles. The van der Waals surface area contributed by atoms with Gasteiger partial charge >= 0.3 is 12.4 Å². The molecule has 2 rings (SSSR count). The third kappa shape index (κ3) is 4.07. The molecule has 2 N–H and O–H groups in total. The van der Waals surface area contributed by atoms with Crippen LogP contribution in [0.4, 0.5) is 26.3 Å². The summed E-state index contributed by atoms with van der Waals surface area (Å²) in [6.45, 7) is 0. The summed E-state index contributed by atoms with van der Waals surface area (Å²) in [4.78, 5) is 0. The number of alkyl halides is 6.